The van der Waals surface area contributed by atoms with Gasteiger partial charge in [0.15, 0.2) is 0 Å². The molecule has 37 heavy (non-hydrogen) atoms. The van der Waals surface area contributed by atoms with Crippen LogP contribution in [-0.2, 0) is 16.1 Å². The molecule has 3 aromatic carbocycles. The van der Waals surface area contributed by atoms with Crippen LogP contribution in [-0.4, -0.2) is 34.5 Å². The third-order valence-electron chi connectivity index (χ3n) is 7.01. The number of carbonyl (C=O) groups is 2. The van der Waals surface area contributed by atoms with E-state index in [2.05, 4.69) is 10.3 Å². The summed E-state index contributed by atoms with van der Waals surface area (Å²) in [7, 11) is 1.59. The minimum Gasteiger partial charge on any atom is -0.497 e. The molecule has 1 fully saturated rings. The molecule has 1 aromatic heterocycles. The molecule has 5 rings (SSSR count). The number of nitrogens with one attached hydrogen (secondary N) is 1. The van der Waals surface area contributed by atoms with Gasteiger partial charge >= 0.3 is 0 Å². The number of methoxy groups -OCH3 is 1. The Morgan fingerprint density at radius 3 is 2.54 bits per heavy atom. The zero-order valence-corrected chi connectivity index (χ0v) is 21.0. The number of ether oxygens (including phenoxy) is 1. The number of anilines is 1. The highest BCUT2D eigenvalue weighted by atomic mass is 16.5. The number of para-hydroxylation sites is 2. The van der Waals surface area contributed by atoms with Gasteiger partial charge in [-0.25, -0.2) is 4.98 Å². The van der Waals surface area contributed by atoms with Crippen LogP contribution in [0, 0.1) is 0 Å². The molecule has 190 valence electrons. The molecule has 0 saturated heterocycles. The lowest BCUT2D eigenvalue weighted by Gasteiger charge is -2.33. The number of nitrogens with zero attached hydrogens (tertiary/aromatic N) is 3. The summed E-state index contributed by atoms with van der Waals surface area (Å²) >= 11 is 0. The third-order valence-corrected chi connectivity index (χ3v) is 7.01. The van der Waals surface area contributed by atoms with Crippen LogP contribution in [0.5, 0.6) is 5.75 Å². The van der Waals surface area contributed by atoms with Crippen molar-refractivity contribution in [3.63, 3.8) is 0 Å². The first-order valence-corrected chi connectivity index (χ1v) is 12.9. The van der Waals surface area contributed by atoms with Gasteiger partial charge in [-0.3, -0.25) is 14.5 Å². The van der Waals surface area contributed by atoms with E-state index in [1.807, 2.05) is 77.4 Å². The standard InChI is InChI=1S/C30H32N4O3/c1-37-25-16-10-15-24(19-25)34(28(35)20-33-21-31-26-17-8-9-18-27(26)33)29(22-11-4-2-5-12-22)30(36)32-23-13-6-3-7-14-23/h2,4-5,8-12,15-19,21,23,29H,3,6-7,13-14,20H2,1H3,(H,32,36). The molecule has 1 unspecified atom stereocenters. The quantitative estimate of drug-likeness (QED) is 0.361. The summed E-state index contributed by atoms with van der Waals surface area (Å²) in [4.78, 5) is 34.1. The van der Waals surface area contributed by atoms with Crippen LogP contribution in [0.3, 0.4) is 0 Å². The summed E-state index contributed by atoms with van der Waals surface area (Å²) in [5, 5.41) is 3.26. The smallest absolute Gasteiger partial charge is 0.248 e. The maximum absolute atomic E-state index is 14.1. The highest BCUT2D eigenvalue weighted by Crippen LogP contribution is 2.32. The molecule has 7 heteroatoms. The molecule has 1 aliphatic carbocycles. The van der Waals surface area contributed by atoms with Gasteiger partial charge in [-0.1, -0.05) is 67.8 Å². The second-order valence-corrected chi connectivity index (χ2v) is 9.48. The van der Waals surface area contributed by atoms with E-state index in [0.29, 0.717) is 11.4 Å². The van der Waals surface area contributed by atoms with Crippen molar-refractivity contribution in [2.45, 2.75) is 50.7 Å². The molecule has 1 atom stereocenters. The monoisotopic (exact) mass is 496 g/mol. The molecule has 0 radical (unpaired) electrons. The van der Waals surface area contributed by atoms with Crippen molar-refractivity contribution in [1.82, 2.24) is 14.9 Å². The number of fused-ring (bicyclic) bond motifs is 1. The largest absolute Gasteiger partial charge is 0.497 e. The van der Waals surface area contributed by atoms with Gasteiger partial charge in [0.25, 0.3) is 0 Å². The number of aromatic nitrogens is 2. The number of carbonyl (C=O) groups excluding carboxylic acids is 2. The van der Waals surface area contributed by atoms with E-state index in [1.54, 1.807) is 24.4 Å². The van der Waals surface area contributed by atoms with Crippen LogP contribution in [0.2, 0.25) is 0 Å². The van der Waals surface area contributed by atoms with Crippen LogP contribution in [0.15, 0.2) is 85.2 Å². The average Bonchev–Trinajstić information content (AvgIpc) is 3.35. The second kappa shape index (κ2) is 11.3. The van der Waals surface area contributed by atoms with E-state index in [0.717, 1.165) is 42.3 Å². The first-order valence-electron chi connectivity index (χ1n) is 12.9. The number of hydrogen-bond donors (Lipinski definition) is 1. The molecule has 0 spiro atoms. The zero-order chi connectivity index (χ0) is 25.6. The van der Waals surface area contributed by atoms with Gasteiger partial charge in [0.05, 0.1) is 24.5 Å². The number of benzene rings is 3. The van der Waals surface area contributed by atoms with Crippen LogP contribution in [0.25, 0.3) is 11.0 Å². The molecule has 4 aromatic rings. The number of rotatable bonds is 8. The maximum atomic E-state index is 14.1. The van der Waals surface area contributed by atoms with E-state index < -0.39 is 6.04 Å². The summed E-state index contributed by atoms with van der Waals surface area (Å²) in [6, 6.07) is 23.8. The van der Waals surface area contributed by atoms with Crippen molar-refractivity contribution in [2.75, 3.05) is 12.0 Å². The van der Waals surface area contributed by atoms with Crippen molar-refractivity contribution in [2.24, 2.45) is 0 Å². The zero-order valence-electron chi connectivity index (χ0n) is 21.0. The molecule has 1 aliphatic rings. The van der Waals surface area contributed by atoms with E-state index in [-0.39, 0.29) is 24.4 Å². The Labute approximate surface area is 217 Å². The average molecular weight is 497 g/mol. The highest BCUT2D eigenvalue weighted by Gasteiger charge is 2.34. The predicted octanol–water partition coefficient (Wildman–Crippen LogP) is 5.27. The van der Waals surface area contributed by atoms with Crippen molar-refractivity contribution >= 4 is 28.5 Å². The van der Waals surface area contributed by atoms with Crippen LogP contribution in [0.4, 0.5) is 5.69 Å². The third kappa shape index (κ3) is 5.50. The Morgan fingerprint density at radius 2 is 1.76 bits per heavy atom. The van der Waals surface area contributed by atoms with Crippen molar-refractivity contribution in [1.29, 1.82) is 0 Å². The lowest BCUT2D eigenvalue weighted by atomic mass is 9.94. The van der Waals surface area contributed by atoms with Crippen LogP contribution in [0.1, 0.15) is 43.7 Å². The molecule has 0 bridgehead atoms. The van der Waals surface area contributed by atoms with Gasteiger partial charge in [0, 0.05) is 17.8 Å². The number of hydrogen-bond acceptors (Lipinski definition) is 4. The Morgan fingerprint density at radius 1 is 1.00 bits per heavy atom. The minimum atomic E-state index is -0.836. The summed E-state index contributed by atoms with van der Waals surface area (Å²) in [6.07, 6.45) is 7.00. The van der Waals surface area contributed by atoms with Gasteiger partial charge < -0.3 is 14.6 Å². The fraction of sp³-hybridized carbons (Fsp3) is 0.300. The Kier molecular flexibility index (Phi) is 7.49. The van der Waals surface area contributed by atoms with Crippen LogP contribution < -0.4 is 15.0 Å². The topological polar surface area (TPSA) is 76.5 Å². The van der Waals surface area contributed by atoms with Gasteiger partial charge in [-0.15, -0.1) is 0 Å². The van der Waals surface area contributed by atoms with Gasteiger partial charge in [0.1, 0.15) is 18.3 Å². The SMILES string of the molecule is COc1cccc(N(C(=O)Cn2cnc3ccccc32)C(C(=O)NC2CCCCC2)c2ccccc2)c1. The summed E-state index contributed by atoms with van der Waals surface area (Å²) < 4.78 is 7.29. The molecule has 2 amide bonds. The lowest BCUT2D eigenvalue weighted by molar-refractivity contribution is -0.127. The first kappa shape index (κ1) is 24.6. The van der Waals surface area contributed by atoms with Crippen LogP contribution >= 0.6 is 0 Å². The second-order valence-electron chi connectivity index (χ2n) is 9.48. The molecule has 0 aliphatic heterocycles. The van der Waals surface area contributed by atoms with Crippen molar-refractivity contribution in [3.05, 3.63) is 90.8 Å². The fourth-order valence-corrected chi connectivity index (χ4v) is 5.14. The molecule has 1 saturated carbocycles. The molecule has 1 N–H and O–H groups in total. The van der Waals surface area contributed by atoms with E-state index in [4.69, 9.17) is 4.74 Å². The normalized spacial score (nSPS) is 14.7. The first-order chi connectivity index (χ1) is 18.1. The Bertz CT molecular complexity index is 1360. The van der Waals surface area contributed by atoms with Crippen molar-refractivity contribution < 1.29 is 14.3 Å². The van der Waals surface area contributed by atoms with E-state index in [1.165, 1.54) is 6.42 Å². The predicted molar refractivity (Wildman–Crippen MR) is 144 cm³/mol. The Hall–Kier alpha value is -4.13. The van der Waals surface area contributed by atoms with Crippen molar-refractivity contribution in [3.8, 4) is 5.75 Å². The van der Waals surface area contributed by atoms with Gasteiger partial charge in [0.2, 0.25) is 11.8 Å². The van der Waals surface area contributed by atoms with Gasteiger partial charge in [-0.2, -0.15) is 0 Å². The molecular formula is C30H32N4O3. The van der Waals surface area contributed by atoms with E-state index in [9.17, 15) is 9.59 Å². The molecule has 7 nitrogen and oxygen atoms in total. The summed E-state index contributed by atoms with van der Waals surface area (Å²) in [5.74, 6) is 0.219. The van der Waals surface area contributed by atoms with Gasteiger partial charge in [-0.05, 0) is 42.7 Å². The number of imidazole rings is 1. The lowest BCUT2D eigenvalue weighted by Crippen LogP contribution is -2.48. The molecular weight excluding hydrogens is 464 g/mol. The highest BCUT2D eigenvalue weighted by molar-refractivity contribution is 6.01. The summed E-state index contributed by atoms with van der Waals surface area (Å²) in [5.41, 5.74) is 3.03. The summed E-state index contributed by atoms with van der Waals surface area (Å²) in [6.45, 7) is 0.0394. The Balaban J connectivity index is 1.56. The fourth-order valence-electron chi connectivity index (χ4n) is 5.14. The molecule has 1 heterocycles. The van der Waals surface area contributed by atoms with E-state index >= 15 is 0 Å². The maximum Gasteiger partial charge on any atom is 0.248 e. The minimum absolute atomic E-state index is 0.0394. The number of amides is 2.